The highest BCUT2D eigenvalue weighted by Gasteiger charge is 2.25. The minimum Gasteiger partial charge on any atom is -0.478 e. The van der Waals surface area contributed by atoms with Gasteiger partial charge >= 0.3 is 5.97 Å². The Labute approximate surface area is 102 Å². The Morgan fingerprint density at radius 1 is 1.41 bits per heavy atom. The van der Waals surface area contributed by atoms with Crippen LogP contribution >= 0.6 is 0 Å². The second kappa shape index (κ2) is 6.42. The molecular weight excluding hydrogens is 218 g/mol. The molecule has 1 N–H and O–H groups in total. The molecule has 96 valence electrons. The van der Waals surface area contributed by atoms with Crippen LogP contribution in [0.1, 0.15) is 39.0 Å². The summed E-state index contributed by atoms with van der Waals surface area (Å²) >= 11 is 0. The van der Waals surface area contributed by atoms with Crippen molar-refractivity contribution in [2.45, 2.75) is 39.0 Å². The molecule has 1 fully saturated rings. The van der Waals surface area contributed by atoms with Crippen LogP contribution in [0.25, 0.3) is 0 Å². The SMILES string of the molecule is CCCN(C)C(=O)C1CCC(=CC(=O)O)CC1. The summed E-state index contributed by atoms with van der Waals surface area (Å²) in [5.41, 5.74) is 0.958. The number of aliphatic carboxylic acids is 1. The van der Waals surface area contributed by atoms with Gasteiger partial charge in [-0.05, 0) is 32.1 Å². The number of hydrogen-bond acceptors (Lipinski definition) is 2. The van der Waals surface area contributed by atoms with E-state index in [2.05, 4.69) is 6.92 Å². The van der Waals surface area contributed by atoms with Gasteiger partial charge in [0.05, 0.1) is 0 Å². The fourth-order valence-corrected chi connectivity index (χ4v) is 2.31. The number of carbonyl (C=O) groups excluding carboxylic acids is 1. The lowest BCUT2D eigenvalue weighted by molar-refractivity contribution is -0.135. The van der Waals surface area contributed by atoms with E-state index in [1.54, 1.807) is 4.90 Å². The van der Waals surface area contributed by atoms with E-state index < -0.39 is 5.97 Å². The van der Waals surface area contributed by atoms with Crippen LogP contribution in [0.3, 0.4) is 0 Å². The molecule has 17 heavy (non-hydrogen) atoms. The van der Waals surface area contributed by atoms with E-state index in [1.165, 1.54) is 6.08 Å². The first-order valence-electron chi connectivity index (χ1n) is 6.22. The Bertz CT molecular complexity index is 313. The van der Waals surface area contributed by atoms with Gasteiger partial charge in [-0.25, -0.2) is 4.79 Å². The molecule has 4 nitrogen and oxygen atoms in total. The number of carboxylic acids is 1. The zero-order valence-electron chi connectivity index (χ0n) is 10.6. The molecule has 1 rings (SSSR count). The van der Waals surface area contributed by atoms with Gasteiger partial charge in [-0.1, -0.05) is 12.5 Å². The average Bonchev–Trinajstić information content (AvgIpc) is 2.28. The lowest BCUT2D eigenvalue weighted by atomic mass is 9.85. The molecule has 1 saturated carbocycles. The van der Waals surface area contributed by atoms with E-state index in [0.29, 0.717) is 0 Å². The molecule has 1 aliphatic rings. The third kappa shape index (κ3) is 4.21. The molecular formula is C13H21NO3. The molecule has 1 aliphatic carbocycles. The number of nitrogens with zero attached hydrogens (tertiary/aromatic N) is 1. The van der Waals surface area contributed by atoms with Crippen molar-refractivity contribution in [1.29, 1.82) is 0 Å². The quantitative estimate of drug-likeness (QED) is 0.764. The maximum absolute atomic E-state index is 12.0. The van der Waals surface area contributed by atoms with Crippen molar-refractivity contribution in [3.8, 4) is 0 Å². The molecule has 0 aliphatic heterocycles. The van der Waals surface area contributed by atoms with Crippen molar-refractivity contribution in [3.05, 3.63) is 11.6 Å². The fraction of sp³-hybridized carbons (Fsp3) is 0.692. The summed E-state index contributed by atoms with van der Waals surface area (Å²) in [6.45, 7) is 2.85. The topological polar surface area (TPSA) is 57.6 Å². The van der Waals surface area contributed by atoms with Crippen LogP contribution in [-0.2, 0) is 9.59 Å². The monoisotopic (exact) mass is 239 g/mol. The molecule has 0 spiro atoms. The average molecular weight is 239 g/mol. The first-order chi connectivity index (χ1) is 8.04. The fourth-order valence-electron chi connectivity index (χ4n) is 2.31. The van der Waals surface area contributed by atoms with Gasteiger partial charge in [0, 0.05) is 25.6 Å². The Kier molecular flexibility index (Phi) is 5.19. The van der Waals surface area contributed by atoms with Gasteiger partial charge in [0.1, 0.15) is 0 Å². The molecule has 0 unspecified atom stereocenters. The minimum atomic E-state index is -0.882. The molecule has 0 aromatic heterocycles. The van der Waals surface area contributed by atoms with E-state index in [1.807, 2.05) is 7.05 Å². The van der Waals surface area contributed by atoms with Crippen LogP contribution in [0, 0.1) is 5.92 Å². The van der Waals surface area contributed by atoms with Crippen LogP contribution < -0.4 is 0 Å². The van der Waals surface area contributed by atoms with Crippen molar-refractivity contribution in [2.75, 3.05) is 13.6 Å². The molecule has 0 saturated heterocycles. The van der Waals surface area contributed by atoms with Crippen molar-refractivity contribution < 1.29 is 14.7 Å². The lowest BCUT2D eigenvalue weighted by Crippen LogP contribution is -2.34. The lowest BCUT2D eigenvalue weighted by Gasteiger charge is -2.27. The highest BCUT2D eigenvalue weighted by molar-refractivity contribution is 5.81. The predicted octanol–water partition coefficient (Wildman–Crippen LogP) is 2.06. The minimum absolute atomic E-state index is 0.0810. The predicted molar refractivity (Wildman–Crippen MR) is 65.6 cm³/mol. The van der Waals surface area contributed by atoms with E-state index in [4.69, 9.17) is 5.11 Å². The number of rotatable bonds is 4. The van der Waals surface area contributed by atoms with Crippen LogP contribution in [0.4, 0.5) is 0 Å². The second-order valence-electron chi connectivity index (χ2n) is 4.67. The van der Waals surface area contributed by atoms with Crippen LogP contribution in [0.5, 0.6) is 0 Å². The van der Waals surface area contributed by atoms with E-state index in [9.17, 15) is 9.59 Å². The van der Waals surface area contributed by atoms with E-state index in [0.717, 1.165) is 44.2 Å². The molecule has 4 heteroatoms. The summed E-state index contributed by atoms with van der Waals surface area (Å²) in [5, 5.41) is 8.65. The van der Waals surface area contributed by atoms with Gasteiger partial charge < -0.3 is 10.0 Å². The number of amides is 1. The summed E-state index contributed by atoms with van der Waals surface area (Å²) in [4.78, 5) is 24.3. The maximum Gasteiger partial charge on any atom is 0.328 e. The standard InChI is InChI=1S/C13H21NO3/c1-3-8-14(2)13(17)11-6-4-10(5-7-11)9-12(15)16/h9,11H,3-8H2,1-2H3,(H,15,16). The smallest absolute Gasteiger partial charge is 0.328 e. The molecule has 0 aromatic carbocycles. The maximum atomic E-state index is 12.0. The molecule has 1 amide bonds. The first-order valence-corrected chi connectivity index (χ1v) is 6.22. The summed E-state index contributed by atoms with van der Waals surface area (Å²) in [5.74, 6) is -0.591. The summed E-state index contributed by atoms with van der Waals surface area (Å²) < 4.78 is 0. The number of carbonyl (C=O) groups is 2. The molecule has 0 bridgehead atoms. The Morgan fingerprint density at radius 3 is 2.47 bits per heavy atom. The summed E-state index contributed by atoms with van der Waals surface area (Å²) in [7, 11) is 1.84. The molecule has 0 aromatic rings. The van der Waals surface area contributed by atoms with Gasteiger partial charge in [0.15, 0.2) is 0 Å². The zero-order valence-corrected chi connectivity index (χ0v) is 10.6. The van der Waals surface area contributed by atoms with Gasteiger partial charge in [-0.15, -0.1) is 0 Å². The van der Waals surface area contributed by atoms with Gasteiger partial charge in [-0.3, -0.25) is 4.79 Å². The highest BCUT2D eigenvalue weighted by atomic mass is 16.4. The normalized spacial score (nSPS) is 19.9. The number of hydrogen-bond donors (Lipinski definition) is 1. The number of allylic oxidation sites excluding steroid dienone is 1. The third-order valence-electron chi connectivity index (χ3n) is 3.24. The van der Waals surface area contributed by atoms with Crippen LogP contribution in [-0.4, -0.2) is 35.5 Å². The van der Waals surface area contributed by atoms with Gasteiger partial charge in [0.25, 0.3) is 0 Å². The van der Waals surface area contributed by atoms with E-state index in [-0.39, 0.29) is 11.8 Å². The zero-order chi connectivity index (χ0) is 12.8. The summed E-state index contributed by atoms with van der Waals surface area (Å²) in [6.07, 6.45) is 5.30. The van der Waals surface area contributed by atoms with Crippen LogP contribution in [0.2, 0.25) is 0 Å². The Morgan fingerprint density at radius 2 is 2.00 bits per heavy atom. The number of carboxylic acid groups (broad SMARTS) is 1. The Hall–Kier alpha value is -1.32. The van der Waals surface area contributed by atoms with E-state index >= 15 is 0 Å². The van der Waals surface area contributed by atoms with Crippen LogP contribution in [0.15, 0.2) is 11.6 Å². The summed E-state index contributed by atoms with van der Waals surface area (Å²) in [6, 6.07) is 0. The molecule has 0 radical (unpaired) electrons. The Balaban J connectivity index is 2.46. The second-order valence-corrected chi connectivity index (χ2v) is 4.67. The highest BCUT2D eigenvalue weighted by Crippen LogP contribution is 2.29. The van der Waals surface area contributed by atoms with Crippen molar-refractivity contribution in [1.82, 2.24) is 4.90 Å². The third-order valence-corrected chi connectivity index (χ3v) is 3.24. The molecule has 0 atom stereocenters. The van der Waals surface area contributed by atoms with Crippen molar-refractivity contribution in [2.24, 2.45) is 5.92 Å². The first kappa shape index (κ1) is 13.7. The van der Waals surface area contributed by atoms with Gasteiger partial charge in [-0.2, -0.15) is 0 Å². The largest absolute Gasteiger partial charge is 0.478 e. The van der Waals surface area contributed by atoms with Crippen molar-refractivity contribution in [3.63, 3.8) is 0 Å². The molecule has 0 heterocycles. The van der Waals surface area contributed by atoms with Crippen molar-refractivity contribution >= 4 is 11.9 Å². The van der Waals surface area contributed by atoms with Gasteiger partial charge in [0.2, 0.25) is 5.91 Å².